The molecular formula is C26H19N6O6+. The molecule has 0 radical (unpaired) electrons. The van der Waals surface area contributed by atoms with Crippen molar-refractivity contribution in [2.45, 2.75) is 13.8 Å². The minimum absolute atomic E-state index is 0.146. The zero-order chi connectivity index (χ0) is 27.7. The highest BCUT2D eigenvalue weighted by molar-refractivity contribution is 6.07. The molecule has 188 valence electrons. The molecule has 0 unspecified atom stereocenters. The fourth-order valence-corrected chi connectivity index (χ4v) is 4.26. The van der Waals surface area contributed by atoms with Gasteiger partial charge in [0.15, 0.2) is 17.2 Å². The summed E-state index contributed by atoms with van der Waals surface area (Å²) in [6.07, 6.45) is 1.82. The second kappa shape index (κ2) is 9.72. The van der Waals surface area contributed by atoms with Crippen molar-refractivity contribution in [1.82, 2.24) is 0 Å². The van der Waals surface area contributed by atoms with Crippen molar-refractivity contribution in [3.63, 3.8) is 0 Å². The molecule has 0 atom stereocenters. The number of aromatic amines is 1. The van der Waals surface area contributed by atoms with Crippen LogP contribution in [0.4, 0.5) is 17.2 Å². The summed E-state index contributed by atoms with van der Waals surface area (Å²) in [6.45, 7) is 3.56. The number of nitriles is 2. The maximum absolute atomic E-state index is 11.5. The number of rotatable bonds is 6. The number of H-pyrrole nitrogens is 1. The van der Waals surface area contributed by atoms with E-state index in [0.29, 0.717) is 39.1 Å². The van der Waals surface area contributed by atoms with Crippen molar-refractivity contribution in [1.29, 1.82) is 10.5 Å². The van der Waals surface area contributed by atoms with Gasteiger partial charge >= 0.3 is 5.69 Å². The number of nitrogens with two attached hydrogens (primary N) is 1. The molecule has 4 rings (SSSR count). The first kappa shape index (κ1) is 25.3. The molecule has 1 aliphatic rings. The van der Waals surface area contributed by atoms with Crippen molar-refractivity contribution in [3.8, 4) is 29.4 Å². The first-order chi connectivity index (χ1) is 18.1. The average Bonchev–Trinajstić information content (AvgIpc) is 3.14. The summed E-state index contributed by atoms with van der Waals surface area (Å²) >= 11 is 0. The second-order valence-electron chi connectivity index (χ2n) is 8.25. The lowest BCUT2D eigenvalue weighted by Gasteiger charge is -2.12. The number of benzene rings is 2. The van der Waals surface area contributed by atoms with Crippen molar-refractivity contribution in [2.75, 3.05) is 12.8 Å². The van der Waals surface area contributed by atoms with Crippen LogP contribution in [0.3, 0.4) is 0 Å². The van der Waals surface area contributed by atoms with Crippen molar-refractivity contribution < 1.29 is 24.3 Å². The number of nitrogen functional groups attached to an aromatic ring is 1. The number of non-ortho nitro benzene ring substituents is 1. The van der Waals surface area contributed by atoms with E-state index in [-0.39, 0.29) is 28.6 Å². The summed E-state index contributed by atoms with van der Waals surface area (Å²) in [5.41, 5.74) is 9.58. The van der Waals surface area contributed by atoms with Crippen LogP contribution in [-0.2, 0) is 0 Å². The Morgan fingerprint density at radius 3 is 2.32 bits per heavy atom. The molecule has 12 heteroatoms. The highest BCUT2D eigenvalue weighted by Crippen LogP contribution is 2.44. The van der Waals surface area contributed by atoms with E-state index in [4.69, 9.17) is 15.2 Å². The van der Waals surface area contributed by atoms with E-state index in [9.17, 15) is 30.8 Å². The summed E-state index contributed by atoms with van der Waals surface area (Å²) in [7, 11) is 1.40. The predicted molar refractivity (Wildman–Crippen MR) is 136 cm³/mol. The number of anilines is 1. The van der Waals surface area contributed by atoms with Gasteiger partial charge in [-0.25, -0.2) is 4.98 Å². The number of allylic oxidation sites excluding steroid dienone is 3. The summed E-state index contributed by atoms with van der Waals surface area (Å²) in [6, 6.07) is 12.2. The molecule has 0 fully saturated rings. The predicted octanol–water partition coefficient (Wildman–Crippen LogP) is 4.73. The Labute approximate surface area is 215 Å². The molecule has 3 aromatic rings. The van der Waals surface area contributed by atoms with Crippen molar-refractivity contribution in [3.05, 3.63) is 90.1 Å². The lowest BCUT2D eigenvalue weighted by atomic mass is 9.95. The molecule has 0 bridgehead atoms. The van der Waals surface area contributed by atoms with Crippen LogP contribution in [0.1, 0.15) is 34.9 Å². The maximum Gasteiger partial charge on any atom is 0.318 e. The largest absolute Gasteiger partial charge is 0.493 e. The van der Waals surface area contributed by atoms with Crippen LogP contribution in [0, 0.1) is 49.8 Å². The van der Waals surface area contributed by atoms with Gasteiger partial charge in [0.25, 0.3) is 11.5 Å². The topological polar surface area (TPSA) is 192 Å². The third kappa shape index (κ3) is 4.23. The number of aromatic nitrogens is 1. The summed E-state index contributed by atoms with van der Waals surface area (Å²) < 4.78 is 11.1. The van der Waals surface area contributed by atoms with Crippen molar-refractivity contribution >= 4 is 34.4 Å². The van der Waals surface area contributed by atoms with Gasteiger partial charge in [0.05, 0.1) is 23.0 Å². The number of nitro benzene ring substituents is 2. The van der Waals surface area contributed by atoms with Gasteiger partial charge in [-0.05, 0) is 60.4 Å². The van der Waals surface area contributed by atoms with E-state index in [2.05, 4.69) is 17.1 Å². The maximum atomic E-state index is 11.5. The highest BCUT2D eigenvalue weighted by Gasteiger charge is 2.32. The van der Waals surface area contributed by atoms with E-state index in [0.717, 1.165) is 18.2 Å². The highest BCUT2D eigenvalue weighted by atomic mass is 16.6. The molecule has 0 saturated heterocycles. The van der Waals surface area contributed by atoms with Crippen LogP contribution in [0.25, 0.3) is 17.2 Å². The third-order valence-electron chi connectivity index (χ3n) is 6.12. The van der Waals surface area contributed by atoms with Crippen LogP contribution in [0.2, 0.25) is 0 Å². The molecule has 0 amide bonds. The van der Waals surface area contributed by atoms with E-state index in [1.807, 2.05) is 6.08 Å². The number of nitrogens with one attached hydrogen (secondary N) is 1. The number of nitrogens with zero attached hydrogens (tertiary/aromatic N) is 4. The number of ether oxygens (including phenoxy) is 2. The monoisotopic (exact) mass is 511 g/mol. The number of pyridine rings is 1. The van der Waals surface area contributed by atoms with E-state index < -0.39 is 21.2 Å². The number of hydrogen-bond donors (Lipinski definition) is 1. The molecule has 2 aromatic carbocycles. The minimum atomic E-state index is -0.769. The first-order valence-corrected chi connectivity index (χ1v) is 11.0. The molecule has 3 N–H and O–H groups in total. The van der Waals surface area contributed by atoms with E-state index >= 15 is 0 Å². The van der Waals surface area contributed by atoms with E-state index in [1.165, 1.54) is 7.11 Å². The molecule has 0 spiro atoms. The van der Waals surface area contributed by atoms with Gasteiger partial charge in [0, 0.05) is 11.6 Å². The quantitative estimate of drug-likeness (QED) is 0.359. The lowest BCUT2D eigenvalue weighted by Crippen LogP contribution is -2.20. The Bertz CT molecular complexity index is 1690. The van der Waals surface area contributed by atoms with Gasteiger partial charge in [0.1, 0.15) is 23.3 Å². The van der Waals surface area contributed by atoms with Gasteiger partial charge in [-0.3, -0.25) is 26.0 Å². The van der Waals surface area contributed by atoms with Gasteiger partial charge in [0.2, 0.25) is 5.75 Å². The Balaban J connectivity index is 1.79. The summed E-state index contributed by atoms with van der Waals surface area (Å²) in [5.74, 6) is 0.368. The molecule has 38 heavy (non-hydrogen) atoms. The van der Waals surface area contributed by atoms with Crippen LogP contribution in [0.5, 0.6) is 17.2 Å². The van der Waals surface area contributed by atoms with Crippen LogP contribution in [-0.4, -0.2) is 17.0 Å². The second-order valence-corrected chi connectivity index (χ2v) is 8.25. The smallest absolute Gasteiger partial charge is 0.318 e. The Hall–Kier alpha value is -5.75. The molecule has 1 aliphatic carbocycles. The SMILES string of the molecule is COc1cc(C=C2C(C)=C(C#N)c3[nH+]c(N)c(C#N)c(C)c32)ccc1Oc1ccc([N+](=O)[O-])cc1[N+](=O)[O-]. The van der Waals surface area contributed by atoms with Crippen LogP contribution in [0.15, 0.2) is 42.0 Å². The Kier molecular flexibility index (Phi) is 6.48. The fourth-order valence-electron chi connectivity index (χ4n) is 4.26. The normalized spacial score (nSPS) is 13.0. The van der Waals surface area contributed by atoms with Crippen LogP contribution < -0.4 is 20.2 Å². The van der Waals surface area contributed by atoms with Gasteiger partial charge in [-0.2, -0.15) is 10.5 Å². The Morgan fingerprint density at radius 1 is 1.00 bits per heavy atom. The molecule has 1 heterocycles. The number of methoxy groups -OCH3 is 1. The average molecular weight is 511 g/mol. The van der Waals surface area contributed by atoms with Gasteiger partial charge in [-0.1, -0.05) is 6.07 Å². The number of nitro groups is 2. The first-order valence-electron chi connectivity index (χ1n) is 11.0. The zero-order valence-corrected chi connectivity index (χ0v) is 20.4. The summed E-state index contributed by atoms with van der Waals surface area (Å²) in [4.78, 5) is 24.0. The molecular weight excluding hydrogens is 492 g/mol. The number of hydrogen-bond acceptors (Lipinski definition) is 9. The molecule has 1 aromatic heterocycles. The molecule has 0 saturated carbocycles. The minimum Gasteiger partial charge on any atom is -0.493 e. The zero-order valence-electron chi connectivity index (χ0n) is 20.4. The van der Waals surface area contributed by atoms with Gasteiger partial charge < -0.3 is 9.47 Å². The van der Waals surface area contributed by atoms with Crippen LogP contribution >= 0.6 is 0 Å². The standard InChI is InChI=1S/C26H18N6O6/c1-13-17(24-14(2)19(12-28)26(29)30-25(24)18(13)11-27)8-15-4-6-22(23(9-15)37-3)38-21-7-5-16(31(33)34)10-20(21)32(35)36/h4-10H,1-3H3,(H2,29,30)/p+1. The fraction of sp³-hybridized carbons (Fsp3) is 0.115. The third-order valence-corrected chi connectivity index (χ3v) is 6.12. The lowest BCUT2D eigenvalue weighted by molar-refractivity contribution is -0.394. The van der Waals surface area contributed by atoms with E-state index in [1.54, 1.807) is 32.0 Å². The Morgan fingerprint density at radius 2 is 1.71 bits per heavy atom. The van der Waals surface area contributed by atoms with Crippen molar-refractivity contribution in [2.24, 2.45) is 0 Å². The molecule has 0 aliphatic heterocycles. The summed E-state index contributed by atoms with van der Waals surface area (Å²) in [5, 5.41) is 41.8. The number of fused-ring (bicyclic) bond motifs is 1. The van der Waals surface area contributed by atoms with Gasteiger partial charge in [-0.15, -0.1) is 0 Å². The molecule has 12 nitrogen and oxygen atoms in total.